The normalized spacial score (nSPS) is 33.4. The van der Waals surface area contributed by atoms with Gasteiger partial charge in [-0.05, 0) is 25.7 Å². The first-order chi connectivity index (χ1) is 6.77. The molecule has 2 N–H and O–H groups in total. The number of nitrogens with zero attached hydrogens (tertiary/aromatic N) is 1. The summed E-state index contributed by atoms with van der Waals surface area (Å²) >= 11 is 0. The lowest BCUT2D eigenvalue weighted by molar-refractivity contribution is -0.142. The molecule has 0 bridgehead atoms. The van der Waals surface area contributed by atoms with E-state index in [1.165, 1.54) is 0 Å². The molecule has 0 saturated carbocycles. The molecule has 14 heavy (non-hydrogen) atoms. The molecule has 2 saturated heterocycles. The van der Waals surface area contributed by atoms with Gasteiger partial charge in [0.05, 0.1) is 0 Å². The van der Waals surface area contributed by atoms with Crippen LogP contribution in [0.25, 0.3) is 0 Å². The van der Waals surface area contributed by atoms with E-state index in [0.29, 0.717) is 6.54 Å². The van der Waals surface area contributed by atoms with Crippen LogP contribution in [-0.4, -0.2) is 42.6 Å². The number of carbonyl (C=O) groups is 1. The van der Waals surface area contributed by atoms with Gasteiger partial charge in [-0.15, -0.1) is 0 Å². The van der Waals surface area contributed by atoms with E-state index in [2.05, 4.69) is 0 Å². The van der Waals surface area contributed by atoms with Crippen molar-refractivity contribution in [2.24, 2.45) is 5.73 Å². The first-order valence-corrected chi connectivity index (χ1v) is 5.43. The summed E-state index contributed by atoms with van der Waals surface area (Å²) in [5, 5.41) is 0. The van der Waals surface area contributed by atoms with Crippen LogP contribution < -0.4 is 5.73 Å². The molecule has 2 fully saturated rings. The summed E-state index contributed by atoms with van der Waals surface area (Å²) in [4.78, 5) is 13.8. The van der Waals surface area contributed by atoms with Crippen LogP contribution in [-0.2, 0) is 9.53 Å². The lowest BCUT2D eigenvalue weighted by atomic mass is 10.1. The number of nitrogens with two attached hydrogens (primary N) is 1. The van der Waals surface area contributed by atoms with Gasteiger partial charge in [0, 0.05) is 25.7 Å². The summed E-state index contributed by atoms with van der Waals surface area (Å²) < 4.78 is 5.37. The minimum atomic E-state index is -0.180. The van der Waals surface area contributed by atoms with E-state index in [1.54, 1.807) is 0 Å². The van der Waals surface area contributed by atoms with Crippen LogP contribution in [0, 0.1) is 0 Å². The standard InChI is InChI=1S/C10H18N2O2/c11-8-3-1-5-12(7-8)10(13)9-4-2-6-14-9/h8-9H,1-7,11H2. The van der Waals surface area contributed by atoms with Gasteiger partial charge in [0.25, 0.3) is 5.91 Å². The van der Waals surface area contributed by atoms with Gasteiger partial charge in [0.1, 0.15) is 6.10 Å². The van der Waals surface area contributed by atoms with Crippen LogP contribution in [0.2, 0.25) is 0 Å². The third-order valence-electron chi connectivity index (χ3n) is 2.97. The number of likely N-dealkylation sites (tertiary alicyclic amines) is 1. The van der Waals surface area contributed by atoms with Crippen molar-refractivity contribution in [2.75, 3.05) is 19.7 Å². The quantitative estimate of drug-likeness (QED) is 0.651. The molecule has 0 spiro atoms. The SMILES string of the molecule is NC1CCCN(C(=O)C2CCCO2)C1. The summed E-state index contributed by atoms with van der Waals surface area (Å²) in [7, 11) is 0. The van der Waals surface area contributed by atoms with Crippen LogP contribution >= 0.6 is 0 Å². The van der Waals surface area contributed by atoms with Crippen molar-refractivity contribution in [1.82, 2.24) is 4.90 Å². The Morgan fingerprint density at radius 3 is 2.86 bits per heavy atom. The Hall–Kier alpha value is -0.610. The van der Waals surface area contributed by atoms with Crippen LogP contribution in [0.3, 0.4) is 0 Å². The first-order valence-electron chi connectivity index (χ1n) is 5.43. The van der Waals surface area contributed by atoms with Gasteiger partial charge in [0.2, 0.25) is 0 Å². The Labute approximate surface area is 84.4 Å². The number of ether oxygens (including phenoxy) is 1. The monoisotopic (exact) mass is 198 g/mol. The maximum Gasteiger partial charge on any atom is 0.251 e. The highest BCUT2D eigenvalue weighted by Crippen LogP contribution is 2.17. The van der Waals surface area contributed by atoms with E-state index in [0.717, 1.165) is 38.8 Å². The molecule has 2 aliphatic rings. The highest BCUT2D eigenvalue weighted by Gasteiger charge is 2.30. The van der Waals surface area contributed by atoms with Crippen molar-refractivity contribution in [3.8, 4) is 0 Å². The van der Waals surface area contributed by atoms with Crippen molar-refractivity contribution in [1.29, 1.82) is 0 Å². The topological polar surface area (TPSA) is 55.6 Å². The molecule has 4 nitrogen and oxygen atoms in total. The molecular weight excluding hydrogens is 180 g/mol. The predicted octanol–water partition coefficient (Wildman–Crippen LogP) is 0.115. The van der Waals surface area contributed by atoms with E-state index in [-0.39, 0.29) is 18.1 Å². The third kappa shape index (κ3) is 2.07. The van der Waals surface area contributed by atoms with E-state index >= 15 is 0 Å². The molecule has 80 valence electrons. The second-order valence-electron chi connectivity index (χ2n) is 4.19. The van der Waals surface area contributed by atoms with Crippen molar-refractivity contribution >= 4 is 5.91 Å². The zero-order valence-corrected chi connectivity index (χ0v) is 8.45. The first kappa shape index (κ1) is 9.93. The Morgan fingerprint density at radius 2 is 2.21 bits per heavy atom. The van der Waals surface area contributed by atoms with Crippen LogP contribution in [0.4, 0.5) is 0 Å². The fraction of sp³-hybridized carbons (Fsp3) is 0.900. The minimum Gasteiger partial charge on any atom is -0.368 e. The highest BCUT2D eigenvalue weighted by molar-refractivity contribution is 5.81. The molecule has 0 aliphatic carbocycles. The van der Waals surface area contributed by atoms with Crippen LogP contribution in [0.1, 0.15) is 25.7 Å². The minimum absolute atomic E-state index is 0.151. The van der Waals surface area contributed by atoms with Crippen molar-refractivity contribution in [3.05, 3.63) is 0 Å². The molecule has 2 unspecified atom stereocenters. The van der Waals surface area contributed by atoms with E-state index in [1.807, 2.05) is 4.90 Å². The smallest absolute Gasteiger partial charge is 0.251 e. The summed E-state index contributed by atoms with van der Waals surface area (Å²) in [6.45, 7) is 2.29. The molecule has 1 amide bonds. The van der Waals surface area contributed by atoms with E-state index in [9.17, 15) is 4.79 Å². The molecule has 0 aromatic carbocycles. The fourth-order valence-electron chi connectivity index (χ4n) is 2.19. The maximum atomic E-state index is 11.9. The number of rotatable bonds is 1. The Bertz CT molecular complexity index is 214. The zero-order chi connectivity index (χ0) is 9.97. The predicted molar refractivity (Wildman–Crippen MR) is 52.8 cm³/mol. The van der Waals surface area contributed by atoms with Crippen molar-refractivity contribution in [3.63, 3.8) is 0 Å². The average Bonchev–Trinajstić information content (AvgIpc) is 2.69. The van der Waals surface area contributed by atoms with E-state index in [4.69, 9.17) is 10.5 Å². The van der Waals surface area contributed by atoms with Crippen LogP contribution in [0.5, 0.6) is 0 Å². The van der Waals surface area contributed by atoms with Gasteiger partial charge >= 0.3 is 0 Å². The van der Waals surface area contributed by atoms with Crippen molar-refractivity contribution < 1.29 is 9.53 Å². The number of carbonyl (C=O) groups excluding carboxylic acids is 1. The molecule has 0 aromatic heterocycles. The zero-order valence-electron chi connectivity index (χ0n) is 8.45. The molecule has 2 heterocycles. The van der Waals surface area contributed by atoms with Gasteiger partial charge in [-0.2, -0.15) is 0 Å². The maximum absolute atomic E-state index is 11.9. The number of amides is 1. The summed E-state index contributed by atoms with van der Waals surface area (Å²) in [5.41, 5.74) is 5.83. The lowest BCUT2D eigenvalue weighted by Gasteiger charge is -2.32. The second-order valence-corrected chi connectivity index (χ2v) is 4.19. The number of hydrogen-bond donors (Lipinski definition) is 1. The molecular formula is C10H18N2O2. The Morgan fingerprint density at radius 1 is 1.36 bits per heavy atom. The number of hydrogen-bond acceptors (Lipinski definition) is 3. The van der Waals surface area contributed by atoms with Gasteiger partial charge < -0.3 is 15.4 Å². The summed E-state index contributed by atoms with van der Waals surface area (Å²) in [6.07, 6.45) is 3.77. The molecule has 2 atom stereocenters. The fourth-order valence-corrected chi connectivity index (χ4v) is 2.19. The van der Waals surface area contributed by atoms with Gasteiger partial charge in [-0.25, -0.2) is 0 Å². The Kier molecular flexibility index (Phi) is 3.03. The highest BCUT2D eigenvalue weighted by atomic mass is 16.5. The van der Waals surface area contributed by atoms with Gasteiger partial charge in [-0.1, -0.05) is 0 Å². The van der Waals surface area contributed by atoms with Crippen LogP contribution in [0.15, 0.2) is 0 Å². The number of piperidine rings is 1. The molecule has 0 aromatic rings. The molecule has 2 aliphatic heterocycles. The van der Waals surface area contributed by atoms with Gasteiger partial charge in [0.15, 0.2) is 0 Å². The van der Waals surface area contributed by atoms with E-state index < -0.39 is 0 Å². The molecule has 2 rings (SSSR count). The molecule has 0 radical (unpaired) electrons. The summed E-state index contributed by atoms with van der Waals surface area (Å²) in [6, 6.07) is 0.161. The molecule has 4 heteroatoms. The largest absolute Gasteiger partial charge is 0.368 e. The Balaban J connectivity index is 1.89. The summed E-state index contributed by atoms with van der Waals surface area (Å²) in [5.74, 6) is 0.151. The third-order valence-corrected chi connectivity index (χ3v) is 2.97. The lowest BCUT2D eigenvalue weighted by Crippen LogP contribution is -2.49. The van der Waals surface area contributed by atoms with Gasteiger partial charge in [-0.3, -0.25) is 4.79 Å². The second kappa shape index (κ2) is 4.28. The van der Waals surface area contributed by atoms with Crippen molar-refractivity contribution in [2.45, 2.75) is 37.8 Å². The average molecular weight is 198 g/mol.